The van der Waals surface area contributed by atoms with Crippen LogP contribution in [0.15, 0.2) is 42.5 Å². The van der Waals surface area contributed by atoms with E-state index < -0.39 is 0 Å². The SMILES string of the molecule is COc1ccc(CNc2ccc3nc(CCC(C)C)[nH]c3c2)cc1. The van der Waals surface area contributed by atoms with Gasteiger partial charge in [0.05, 0.1) is 18.1 Å². The van der Waals surface area contributed by atoms with Crippen molar-refractivity contribution in [3.63, 3.8) is 0 Å². The van der Waals surface area contributed by atoms with Gasteiger partial charge in [-0.15, -0.1) is 0 Å². The number of nitrogens with zero attached hydrogens (tertiary/aromatic N) is 1. The molecule has 0 fully saturated rings. The predicted molar refractivity (Wildman–Crippen MR) is 99.6 cm³/mol. The van der Waals surface area contributed by atoms with Gasteiger partial charge in [0.1, 0.15) is 11.6 Å². The van der Waals surface area contributed by atoms with Crippen molar-refractivity contribution in [1.82, 2.24) is 9.97 Å². The second kappa shape index (κ2) is 7.39. The first kappa shape index (κ1) is 16.4. The van der Waals surface area contributed by atoms with Crippen LogP contribution in [-0.2, 0) is 13.0 Å². The quantitative estimate of drug-likeness (QED) is 0.658. The van der Waals surface area contributed by atoms with Gasteiger partial charge in [0.15, 0.2) is 0 Å². The number of H-pyrrole nitrogens is 1. The monoisotopic (exact) mass is 323 g/mol. The van der Waals surface area contributed by atoms with Crippen LogP contribution in [-0.4, -0.2) is 17.1 Å². The summed E-state index contributed by atoms with van der Waals surface area (Å²) in [5.41, 5.74) is 4.44. The maximum Gasteiger partial charge on any atom is 0.118 e. The Labute approximate surface area is 143 Å². The Morgan fingerprint density at radius 1 is 1.12 bits per heavy atom. The Morgan fingerprint density at radius 3 is 2.62 bits per heavy atom. The zero-order valence-electron chi connectivity index (χ0n) is 14.6. The first-order chi connectivity index (χ1) is 11.6. The molecule has 0 saturated carbocycles. The number of fused-ring (bicyclic) bond motifs is 1. The van der Waals surface area contributed by atoms with E-state index in [1.165, 1.54) is 5.56 Å². The van der Waals surface area contributed by atoms with Gasteiger partial charge in [0.2, 0.25) is 0 Å². The number of benzene rings is 2. The highest BCUT2D eigenvalue weighted by Crippen LogP contribution is 2.19. The number of methoxy groups -OCH3 is 1. The number of aryl methyl sites for hydroxylation is 1. The third-order valence-electron chi connectivity index (χ3n) is 4.15. The molecule has 4 nitrogen and oxygen atoms in total. The van der Waals surface area contributed by atoms with Gasteiger partial charge in [0.25, 0.3) is 0 Å². The summed E-state index contributed by atoms with van der Waals surface area (Å²) in [6.07, 6.45) is 2.16. The Kier molecular flexibility index (Phi) is 5.04. The molecule has 0 radical (unpaired) electrons. The van der Waals surface area contributed by atoms with Gasteiger partial charge in [-0.25, -0.2) is 4.98 Å². The molecule has 126 valence electrons. The molecule has 0 spiro atoms. The van der Waals surface area contributed by atoms with Crippen LogP contribution >= 0.6 is 0 Å². The second-order valence-corrected chi connectivity index (χ2v) is 6.55. The van der Waals surface area contributed by atoms with E-state index in [2.05, 4.69) is 59.5 Å². The highest BCUT2D eigenvalue weighted by molar-refractivity contribution is 5.79. The molecule has 3 aromatic rings. The van der Waals surface area contributed by atoms with Gasteiger partial charge < -0.3 is 15.0 Å². The van der Waals surface area contributed by atoms with E-state index in [0.717, 1.165) is 47.7 Å². The molecular formula is C20H25N3O. The fourth-order valence-corrected chi connectivity index (χ4v) is 2.66. The summed E-state index contributed by atoms with van der Waals surface area (Å²) in [6.45, 7) is 5.26. The minimum absolute atomic E-state index is 0.694. The molecule has 1 aromatic heterocycles. The Morgan fingerprint density at radius 2 is 1.92 bits per heavy atom. The van der Waals surface area contributed by atoms with Crippen LogP contribution in [0.5, 0.6) is 5.75 Å². The van der Waals surface area contributed by atoms with E-state index >= 15 is 0 Å². The molecule has 0 unspecified atom stereocenters. The van der Waals surface area contributed by atoms with Crippen molar-refractivity contribution >= 4 is 16.7 Å². The van der Waals surface area contributed by atoms with Crippen LogP contribution in [0.25, 0.3) is 11.0 Å². The highest BCUT2D eigenvalue weighted by Gasteiger charge is 2.05. The standard InChI is InChI=1S/C20H25N3O/c1-14(2)4-11-20-22-18-10-7-16(12-19(18)23-20)21-13-15-5-8-17(24-3)9-6-15/h5-10,12,14,21H,4,11,13H2,1-3H3,(H,22,23). The molecule has 24 heavy (non-hydrogen) atoms. The molecule has 0 aliphatic rings. The number of nitrogens with one attached hydrogen (secondary N) is 2. The van der Waals surface area contributed by atoms with E-state index in [1.54, 1.807) is 7.11 Å². The molecule has 0 atom stereocenters. The van der Waals surface area contributed by atoms with Gasteiger partial charge in [-0.1, -0.05) is 26.0 Å². The van der Waals surface area contributed by atoms with Crippen LogP contribution in [0.1, 0.15) is 31.7 Å². The van der Waals surface area contributed by atoms with Crippen LogP contribution in [0.3, 0.4) is 0 Å². The predicted octanol–water partition coefficient (Wildman–Crippen LogP) is 4.77. The number of rotatable bonds is 7. The summed E-state index contributed by atoms with van der Waals surface area (Å²) in [7, 11) is 1.68. The largest absolute Gasteiger partial charge is 0.497 e. The lowest BCUT2D eigenvalue weighted by molar-refractivity contribution is 0.414. The van der Waals surface area contributed by atoms with E-state index in [9.17, 15) is 0 Å². The van der Waals surface area contributed by atoms with Crippen molar-refractivity contribution in [1.29, 1.82) is 0 Å². The number of imidazole rings is 1. The maximum absolute atomic E-state index is 5.19. The summed E-state index contributed by atoms with van der Waals surface area (Å²) in [6, 6.07) is 14.4. The number of ether oxygens (including phenoxy) is 1. The fraction of sp³-hybridized carbons (Fsp3) is 0.350. The lowest BCUT2D eigenvalue weighted by Gasteiger charge is -2.07. The van der Waals surface area contributed by atoms with Crippen LogP contribution < -0.4 is 10.1 Å². The number of aromatic amines is 1. The first-order valence-corrected chi connectivity index (χ1v) is 8.49. The van der Waals surface area contributed by atoms with Crippen molar-refractivity contribution in [2.45, 2.75) is 33.2 Å². The average molecular weight is 323 g/mol. The molecule has 0 aliphatic heterocycles. The van der Waals surface area contributed by atoms with E-state index in [-0.39, 0.29) is 0 Å². The summed E-state index contributed by atoms with van der Waals surface area (Å²) in [4.78, 5) is 8.10. The summed E-state index contributed by atoms with van der Waals surface area (Å²) >= 11 is 0. The molecule has 0 saturated heterocycles. The lowest BCUT2D eigenvalue weighted by atomic mass is 10.1. The van der Waals surface area contributed by atoms with E-state index in [1.807, 2.05) is 12.1 Å². The van der Waals surface area contributed by atoms with Crippen LogP contribution in [0, 0.1) is 5.92 Å². The Hall–Kier alpha value is -2.49. The van der Waals surface area contributed by atoms with Gasteiger partial charge in [-0.2, -0.15) is 0 Å². The second-order valence-electron chi connectivity index (χ2n) is 6.55. The molecular weight excluding hydrogens is 298 g/mol. The van der Waals surface area contributed by atoms with Crippen molar-refractivity contribution in [2.24, 2.45) is 5.92 Å². The lowest BCUT2D eigenvalue weighted by Crippen LogP contribution is -1.99. The minimum atomic E-state index is 0.694. The molecule has 2 aromatic carbocycles. The molecule has 0 aliphatic carbocycles. The van der Waals surface area contributed by atoms with Crippen LogP contribution in [0.2, 0.25) is 0 Å². The third-order valence-corrected chi connectivity index (χ3v) is 4.15. The zero-order valence-corrected chi connectivity index (χ0v) is 14.6. The first-order valence-electron chi connectivity index (χ1n) is 8.49. The Balaban J connectivity index is 1.66. The molecule has 2 N–H and O–H groups in total. The van der Waals surface area contributed by atoms with Gasteiger partial charge in [0, 0.05) is 18.7 Å². The highest BCUT2D eigenvalue weighted by atomic mass is 16.5. The smallest absolute Gasteiger partial charge is 0.118 e. The molecule has 3 rings (SSSR count). The van der Waals surface area contributed by atoms with Gasteiger partial charge in [-0.05, 0) is 48.2 Å². The van der Waals surface area contributed by atoms with E-state index in [0.29, 0.717) is 5.92 Å². The number of anilines is 1. The van der Waals surface area contributed by atoms with Crippen molar-refractivity contribution in [3.05, 3.63) is 53.9 Å². The third kappa shape index (κ3) is 4.07. The fourth-order valence-electron chi connectivity index (χ4n) is 2.66. The summed E-state index contributed by atoms with van der Waals surface area (Å²) < 4.78 is 5.19. The molecule has 1 heterocycles. The number of hydrogen-bond donors (Lipinski definition) is 2. The number of aromatic nitrogens is 2. The minimum Gasteiger partial charge on any atom is -0.497 e. The van der Waals surface area contributed by atoms with Crippen LogP contribution in [0.4, 0.5) is 5.69 Å². The Bertz CT molecular complexity index is 790. The zero-order chi connectivity index (χ0) is 16.9. The molecule has 0 bridgehead atoms. The van der Waals surface area contributed by atoms with Crippen molar-refractivity contribution < 1.29 is 4.74 Å². The normalized spacial score (nSPS) is 11.2. The van der Waals surface area contributed by atoms with Gasteiger partial charge >= 0.3 is 0 Å². The topological polar surface area (TPSA) is 49.9 Å². The number of hydrogen-bond acceptors (Lipinski definition) is 3. The molecule has 4 heteroatoms. The van der Waals surface area contributed by atoms with Crippen molar-refractivity contribution in [3.8, 4) is 5.75 Å². The maximum atomic E-state index is 5.19. The van der Waals surface area contributed by atoms with Gasteiger partial charge in [-0.3, -0.25) is 0 Å². The van der Waals surface area contributed by atoms with Crippen molar-refractivity contribution in [2.75, 3.05) is 12.4 Å². The summed E-state index contributed by atoms with van der Waals surface area (Å²) in [5.74, 6) is 2.65. The van der Waals surface area contributed by atoms with E-state index in [4.69, 9.17) is 4.74 Å². The molecule has 0 amide bonds. The summed E-state index contributed by atoms with van der Waals surface area (Å²) in [5, 5.41) is 3.46. The average Bonchev–Trinajstić information content (AvgIpc) is 3.00.